The summed E-state index contributed by atoms with van der Waals surface area (Å²) in [4.78, 5) is 33.7. The Morgan fingerprint density at radius 3 is 2.46 bits per heavy atom. The van der Waals surface area contributed by atoms with Gasteiger partial charge in [0.05, 0.1) is 32.2 Å². The van der Waals surface area contributed by atoms with E-state index in [4.69, 9.17) is 23.2 Å². The Bertz CT molecular complexity index is 1390. The van der Waals surface area contributed by atoms with E-state index in [0.717, 1.165) is 22.2 Å². The van der Waals surface area contributed by atoms with Crippen LogP contribution in [0.3, 0.4) is 0 Å². The van der Waals surface area contributed by atoms with Crippen LogP contribution in [0, 0.1) is 0 Å². The molecule has 1 fully saturated rings. The second-order valence-corrected chi connectivity index (χ2v) is 9.85. The molecular formula is C26H22Cl2N4O2S. The molecule has 1 aliphatic heterocycles. The van der Waals surface area contributed by atoms with E-state index in [0.29, 0.717) is 60.1 Å². The van der Waals surface area contributed by atoms with Gasteiger partial charge in [-0.1, -0.05) is 65.7 Å². The highest BCUT2D eigenvalue weighted by Crippen LogP contribution is 2.38. The van der Waals surface area contributed by atoms with E-state index in [2.05, 4.69) is 15.2 Å². The number of carbonyl (C=O) groups is 2. The summed E-state index contributed by atoms with van der Waals surface area (Å²) in [5, 5.41) is 5.94. The molecule has 1 saturated heterocycles. The maximum atomic E-state index is 13.7. The van der Waals surface area contributed by atoms with Crippen molar-refractivity contribution in [2.75, 3.05) is 36.4 Å². The number of nitrogens with one attached hydrogen (secondary N) is 1. The molecule has 0 aliphatic carbocycles. The molecule has 1 aliphatic rings. The van der Waals surface area contributed by atoms with E-state index in [9.17, 15) is 9.59 Å². The van der Waals surface area contributed by atoms with E-state index < -0.39 is 0 Å². The minimum absolute atomic E-state index is 0.0908. The fourth-order valence-corrected chi connectivity index (χ4v) is 5.77. The Hall–Kier alpha value is -3.13. The maximum absolute atomic E-state index is 13.7. The normalized spacial score (nSPS) is 13.8. The number of nitrogens with zero attached hydrogens (tertiary/aromatic N) is 3. The topological polar surface area (TPSA) is 65.5 Å². The molecule has 0 unspecified atom stereocenters. The average molecular weight is 525 g/mol. The van der Waals surface area contributed by atoms with Crippen LogP contribution in [0.5, 0.6) is 0 Å². The van der Waals surface area contributed by atoms with Gasteiger partial charge in [-0.15, -0.1) is 11.3 Å². The van der Waals surface area contributed by atoms with Crippen LogP contribution in [0.25, 0.3) is 10.2 Å². The number of fused-ring (bicyclic) bond motifs is 1. The molecule has 2 aromatic carbocycles. The molecular weight excluding hydrogens is 503 g/mol. The van der Waals surface area contributed by atoms with Gasteiger partial charge < -0.3 is 15.1 Å². The van der Waals surface area contributed by atoms with E-state index in [1.54, 1.807) is 10.3 Å². The van der Waals surface area contributed by atoms with Crippen molar-refractivity contribution in [3.05, 3.63) is 86.8 Å². The van der Waals surface area contributed by atoms with Gasteiger partial charge in [-0.3, -0.25) is 9.59 Å². The Labute approximate surface area is 217 Å². The zero-order valence-electron chi connectivity index (χ0n) is 18.7. The predicted molar refractivity (Wildman–Crippen MR) is 143 cm³/mol. The Morgan fingerprint density at radius 2 is 1.74 bits per heavy atom. The molecule has 6 nitrogen and oxygen atoms in total. The minimum atomic E-state index is -0.181. The number of thiophene rings is 1. The first-order valence-corrected chi connectivity index (χ1v) is 12.8. The van der Waals surface area contributed by atoms with Crippen molar-refractivity contribution in [1.82, 2.24) is 9.88 Å². The third kappa shape index (κ3) is 4.72. The van der Waals surface area contributed by atoms with E-state index in [1.807, 2.05) is 54.6 Å². The van der Waals surface area contributed by atoms with Gasteiger partial charge in [0.15, 0.2) is 6.29 Å². The van der Waals surface area contributed by atoms with E-state index >= 15 is 0 Å². The first-order chi connectivity index (χ1) is 17.1. The van der Waals surface area contributed by atoms with Crippen LogP contribution in [0.2, 0.25) is 10.2 Å². The number of pyridine rings is 1. The number of anilines is 2. The lowest BCUT2D eigenvalue weighted by Gasteiger charge is -2.36. The van der Waals surface area contributed by atoms with Crippen LogP contribution in [0.15, 0.2) is 60.0 Å². The van der Waals surface area contributed by atoms with Crippen molar-refractivity contribution < 1.29 is 9.59 Å². The fraction of sp³-hybridized carbons (Fsp3) is 0.192. The Balaban J connectivity index is 1.45. The summed E-state index contributed by atoms with van der Waals surface area (Å²) in [5.74, 6) is -0.181. The van der Waals surface area contributed by atoms with Gasteiger partial charge in [-0.2, -0.15) is 0 Å². The van der Waals surface area contributed by atoms with Crippen LogP contribution in [0.1, 0.15) is 26.3 Å². The van der Waals surface area contributed by atoms with Gasteiger partial charge in [0.2, 0.25) is 0 Å². The zero-order valence-corrected chi connectivity index (χ0v) is 21.0. The molecule has 0 atom stereocenters. The van der Waals surface area contributed by atoms with Crippen LogP contribution in [0.4, 0.5) is 11.4 Å². The third-order valence-electron chi connectivity index (χ3n) is 6.10. The van der Waals surface area contributed by atoms with Gasteiger partial charge in [0.1, 0.15) is 10.7 Å². The molecule has 2 aromatic heterocycles. The van der Waals surface area contributed by atoms with Crippen LogP contribution < -0.4 is 10.2 Å². The standard InChI is InChI=1S/C26H22Cl2N4O2S/c27-19-8-4-5-9-20(19)31-10-12-32(13-11-31)26(34)21-23(29-14-17-6-2-1-3-7-17)24-22(30-25(21)28)18(15-33)16-35-24/h1-9,15-16H,10-14H2,(H,29,30). The molecule has 1 N–H and O–H groups in total. The van der Waals surface area contributed by atoms with Crippen molar-refractivity contribution in [3.8, 4) is 0 Å². The van der Waals surface area contributed by atoms with Crippen molar-refractivity contribution in [1.29, 1.82) is 0 Å². The largest absolute Gasteiger partial charge is 0.379 e. The van der Waals surface area contributed by atoms with Crippen LogP contribution in [-0.4, -0.2) is 48.3 Å². The summed E-state index contributed by atoms with van der Waals surface area (Å²) in [5.41, 5.74) is 3.94. The Kier molecular flexibility index (Phi) is 6.90. The fourth-order valence-electron chi connectivity index (χ4n) is 4.28. The molecule has 35 heavy (non-hydrogen) atoms. The van der Waals surface area contributed by atoms with Gasteiger partial charge in [-0.25, -0.2) is 4.98 Å². The number of carbonyl (C=O) groups excluding carboxylic acids is 2. The van der Waals surface area contributed by atoms with Crippen LogP contribution in [-0.2, 0) is 6.54 Å². The summed E-state index contributed by atoms with van der Waals surface area (Å²) in [6, 6.07) is 17.6. The van der Waals surface area contributed by atoms with E-state index in [-0.39, 0.29) is 11.1 Å². The lowest BCUT2D eigenvalue weighted by atomic mass is 10.1. The number of piperazine rings is 1. The number of halogens is 2. The SMILES string of the molecule is O=Cc1csc2c(NCc3ccccc3)c(C(=O)N3CCN(c4ccccc4Cl)CC3)c(Cl)nc12. The maximum Gasteiger partial charge on any atom is 0.259 e. The number of rotatable bonds is 6. The first kappa shape index (κ1) is 23.6. The molecule has 0 spiro atoms. The van der Waals surface area contributed by atoms with Crippen molar-refractivity contribution in [3.63, 3.8) is 0 Å². The molecule has 3 heterocycles. The summed E-state index contributed by atoms with van der Waals surface area (Å²) < 4.78 is 0.741. The van der Waals surface area contributed by atoms with Gasteiger partial charge in [-0.05, 0) is 17.7 Å². The number of aromatic nitrogens is 1. The monoisotopic (exact) mass is 524 g/mol. The number of para-hydroxylation sites is 1. The first-order valence-electron chi connectivity index (χ1n) is 11.2. The lowest BCUT2D eigenvalue weighted by molar-refractivity contribution is 0.0747. The smallest absolute Gasteiger partial charge is 0.259 e. The molecule has 1 amide bonds. The lowest BCUT2D eigenvalue weighted by Crippen LogP contribution is -2.49. The number of benzene rings is 2. The van der Waals surface area contributed by atoms with Crippen molar-refractivity contribution in [2.24, 2.45) is 0 Å². The van der Waals surface area contributed by atoms with Crippen LogP contribution >= 0.6 is 34.5 Å². The molecule has 0 saturated carbocycles. The zero-order chi connectivity index (χ0) is 24.4. The second-order valence-electron chi connectivity index (χ2n) is 8.21. The molecule has 178 valence electrons. The summed E-state index contributed by atoms with van der Waals surface area (Å²) in [7, 11) is 0. The summed E-state index contributed by atoms with van der Waals surface area (Å²) >= 11 is 14.3. The number of hydrogen-bond acceptors (Lipinski definition) is 6. The highest BCUT2D eigenvalue weighted by atomic mass is 35.5. The number of amides is 1. The molecule has 0 bridgehead atoms. The Morgan fingerprint density at radius 1 is 1.03 bits per heavy atom. The number of hydrogen-bond donors (Lipinski definition) is 1. The molecule has 9 heteroatoms. The quantitative estimate of drug-likeness (QED) is 0.248. The van der Waals surface area contributed by atoms with Gasteiger partial charge >= 0.3 is 0 Å². The van der Waals surface area contributed by atoms with E-state index in [1.165, 1.54) is 11.3 Å². The van der Waals surface area contributed by atoms with Crippen molar-refractivity contribution in [2.45, 2.75) is 6.54 Å². The predicted octanol–water partition coefficient (Wildman–Crippen LogP) is 5.99. The van der Waals surface area contributed by atoms with Crippen molar-refractivity contribution >= 4 is 68.3 Å². The number of aldehydes is 1. The highest BCUT2D eigenvalue weighted by molar-refractivity contribution is 7.18. The third-order valence-corrected chi connectivity index (χ3v) is 7.70. The van der Waals surface area contributed by atoms with Gasteiger partial charge in [0, 0.05) is 38.1 Å². The minimum Gasteiger partial charge on any atom is -0.379 e. The summed E-state index contributed by atoms with van der Waals surface area (Å²) in [6.07, 6.45) is 0.762. The molecule has 0 radical (unpaired) electrons. The second kappa shape index (κ2) is 10.2. The highest BCUT2D eigenvalue weighted by Gasteiger charge is 2.29. The average Bonchev–Trinajstić information content (AvgIpc) is 3.30. The summed E-state index contributed by atoms with van der Waals surface area (Å²) in [6.45, 7) is 2.87. The van der Waals surface area contributed by atoms with Gasteiger partial charge in [0.25, 0.3) is 5.91 Å². The molecule has 5 rings (SSSR count). The molecule has 4 aromatic rings.